The fourth-order valence-electron chi connectivity index (χ4n) is 1.70. The van der Waals surface area contributed by atoms with E-state index in [0.29, 0.717) is 32.8 Å². The molecule has 128 valence electrons. The molecule has 0 aliphatic rings. The van der Waals surface area contributed by atoms with Crippen LogP contribution in [0.25, 0.3) is 0 Å². The molecule has 7 heteroatoms. The fourth-order valence-corrected chi connectivity index (χ4v) is 2.46. The maximum absolute atomic E-state index is 10.6. The molecule has 0 bridgehead atoms. The maximum Gasteiger partial charge on any atom is 0.161 e. The molecule has 2 aromatic rings. The molecule has 0 fully saturated rings. The lowest BCUT2D eigenvalue weighted by molar-refractivity contribution is 0.111. The van der Waals surface area contributed by atoms with Gasteiger partial charge in [-0.15, -0.1) is 0 Å². The lowest BCUT2D eigenvalue weighted by Gasteiger charge is -2.08. The summed E-state index contributed by atoms with van der Waals surface area (Å²) in [5, 5.41) is 0. The van der Waals surface area contributed by atoms with Crippen molar-refractivity contribution in [2.24, 2.45) is 0 Å². The Kier molecular flexibility index (Phi) is 8.49. The highest BCUT2D eigenvalue weighted by Crippen LogP contribution is 2.32. The zero-order valence-electron chi connectivity index (χ0n) is 13.3. The monoisotopic (exact) mass is 458 g/mol. The van der Waals surface area contributed by atoms with Crippen molar-refractivity contribution < 1.29 is 23.8 Å². The molecule has 0 atom stereocenters. The van der Waals surface area contributed by atoms with Crippen LogP contribution >= 0.6 is 31.9 Å². The molecular weight excluding hydrogens is 444 g/mol. The second kappa shape index (κ2) is 10.1. The molecule has 0 saturated heterocycles. The standard InChI is InChI=1S/C9H9BrO3.C8H7BrO2/c1-12-8-3-6(5-11)7(10)4-9(8)13-2;1-11-7-2-3-8(9)6(4-7)5-10/h3-5H,1-2H3;2-5H,1H3. The third-order valence-corrected chi connectivity index (χ3v) is 4.37. The van der Waals surface area contributed by atoms with Crippen LogP contribution in [0.2, 0.25) is 0 Å². The number of halogens is 2. The van der Waals surface area contributed by atoms with Crippen LogP contribution in [0.15, 0.2) is 39.3 Å². The van der Waals surface area contributed by atoms with Crippen molar-refractivity contribution in [3.05, 3.63) is 50.4 Å². The van der Waals surface area contributed by atoms with Gasteiger partial charge in [0.05, 0.1) is 21.3 Å². The molecule has 0 aromatic heterocycles. The molecule has 0 unspecified atom stereocenters. The molecule has 0 aliphatic carbocycles. The number of hydrogen-bond acceptors (Lipinski definition) is 5. The molecule has 24 heavy (non-hydrogen) atoms. The Labute approximate surface area is 157 Å². The van der Waals surface area contributed by atoms with Crippen molar-refractivity contribution in [1.29, 1.82) is 0 Å². The van der Waals surface area contributed by atoms with Gasteiger partial charge in [-0.3, -0.25) is 9.59 Å². The highest BCUT2D eigenvalue weighted by molar-refractivity contribution is 9.10. The molecule has 5 nitrogen and oxygen atoms in total. The van der Waals surface area contributed by atoms with Crippen molar-refractivity contribution >= 4 is 44.4 Å². The Morgan fingerprint density at radius 2 is 1.29 bits per heavy atom. The van der Waals surface area contributed by atoms with Gasteiger partial charge >= 0.3 is 0 Å². The summed E-state index contributed by atoms with van der Waals surface area (Å²) in [6, 6.07) is 8.56. The first-order chi connectivity index (χ1) is 11.5. The average molecular weight is 460 g/mol. The van der Waals surface area contributed by atoms with Crippen molar-refractivity contribution in [2.45, 2.75) is 0 Å². The number of hydrogen-bond donors (Lipinski definition) is 0. The summed E-state index contributed by atoms with van der Waals surface area (Å²) in [4.78, 5) is 21.0. The second-order valence-electron chi connectivity index (χ2n) is 4.35. The molecule has 0 spiro atoms. The minimum absolute atomic E-state index is 0.539. The lowest BCUT2D eigenvalue weighted by Crippen LogP contribution is -1.93. The third kappa shape index (κ3) is 5.35. The van der Waals surface area contributed by atoms with Crippen LogP contribution in [0.3, 0.4) is 0 Å². The molecule has 2 aromatic carbocycles. The fraction of sp³-hybridized carbons (Fsp3) is 0.176. The summed E-state index contributed by atoms with van der Waals surface area (Å²) in [7, 11) is 4.64. The second-order valence-corrected chi connectivity index (χ2v) is 6.06. The van der Waals surface area contributed by atoms with Crippen molar-refractivity contribution in [2.75, 3.05) is 21.3 Å². The molecule has 0 N–H and O–H groups in total. The van der Waals surface area contributed by atoms with E-state index in [1.54, 1.807) is 44.6 Å². The smallest absolute Gasteiger partial charge is 0.161 e. The van der Waals surface area contributed by atoms with Gasteiger partial charge in [-0.25, -0.2) is 0 Å². The first kappa shape index (κ1) is 20.2. The molecule has 0 heterocycles. The van der Waals surface area contributed by atoms with Gasteiger partial charge in [-0.05, 0) is 46.3 Å². The average Bonchev–Trinajstić information content (AvgIpc) is 2.62. The predicted molar refractivity (Wildman–Crippen MR) is 98.7 cm³/mol. The molecule has 0 saturated carbocycles. The largest absolute Gasteiger partial charge is 0.497 e. The van der Waals surface area contributed by atoms with Crippen molar-refractivity contribution in [3.8, 4) is 17.2 Å². The number of aldehydes is 2. The molecule has 2 rings (SSSR count). The van der Waals surface area contributed by atoms with E-state index < -0.39 is 0 Å². The number of benzene rings is 2. The number of carbonyl (C=O) groups excluding carboxylic acids is 2. The van der Waals surface area contributed by atoms with Gasteiger partial charge in [0.25, 0.3) is 0 Å². The summed E-state index contributed by atoms with van der Waals surface area (Å²) >= 11 is 6.48. The zero-order chi connectivity index (χ0) is 18.1. The van der Waals surface area contributed by atoms with E-state index in [9.17, 15) is 9.59 Å². The molecule has 0 aliphatic heterocycles. The van der Waals surface area contributed by atoms with E-state index in [0.717, 1.165) is 17.0 Å². The van der Waals surface area contributed by atoms with Crippen LogP contribution in [-0.4, -0.2) is 33.9 Å². The summed E-state index contributed by atoms with van der Waals surface area (Å²) in [6.45, 7) is 0. The van der Waals surface area contributed by atoms with Gasteiger partial charge in [-0.1, -0.05) is 15.9 Å². The van der Waals surface area contributed by atoms with Crippen LogP contribution in [-0.2, 0) is 0 Å². The number of rotatable bonds is 5. The summed E-state index contributed by atoms with van der Waals surface area (Å²) in [5.41, 5.74) is 1.14. The number of carbonyl (C=O) groups is 2. The number of ether oxygens (including phenoxy) is 3. The van der Waals surface area contributed by atoms with Crippen LogP contribution in [0.5, 0.6) is 17.2 Å². The van der Waals surface area contributed by atoms with Gasteiger partial charge in [0.1, 0.15) is 5.75 Å². The zero-order valence-corrected chi connectivity index (χ0v) is 16.5. The SMILES string of the molecule is COc1cc(Br)c(C=O)cc1OC.COc1ccc(Br)c(C=O)c1. The molecular formula is C17H16Br2O5. The lowest BCUT2D eigenvalue weighted by atomic mass is 10.2. The highest BCUT2D eigenvalue weighted by Gasteiger charge is 2.08. The Balaban J connectivity index is 0.000000243. The minimum atomic E-state index is 0.539. The van der Waals surface area contributed by atoms with Crippen LogP contribution < -0.4 is 14.2 Å². The molecule has 0 radical (unpaired) electrons. The first-order valence-corrected chi connectivity index (χ1v) is 8.24. The Hall–Kier alpha value is -1.86. The normalized spacial score (nSPS) is 9.38. The predicted octanol–water partition coefficient (Wildman–Crippen LogP) is 4.55. The van der Waals surface area contributed by atoms with Gasteiger partial charge in [0.2, 0.25) is 0 Å². The van der Waals surface area contributed by atoms with Crippen LogP contribution in [0, 0.1) is 0 Å². The minimum Gasteiger partial charge on any atom is -0.497 e. The van der Waals surface area contributed by atoms with E-state index in [1.165, 1.54) is 7.11 Å². The molecule has 0 amide bonds. The van der Waals surface area contributed by atoms with E-state index in [-0.39, 0.29) is 0 Å². The topological polar surface area (TPSA) is 61.8 Å². The maximum atomic E-state index is 10.6. The van der Waals surface area contributed by atoms with Crippen molar-refractivity contribution in [1.82, 2.24) is 0 Å². The Morgan fingerprint density at radius 3 is 1.79 bits per heavy atom. The van der Waals surface area contributed by atoms with Gasteiger partial charge < -0.3 is 14.2 Å². The van der Waals surface area contributed by atoms with E-state index in [2.05, 4.69) is 31.9 Å². The number of methoxy groups -OCH3 is 3. The quantitative estimate of drug-likeness (QED) is 0.614. The van der Waals surface area contributed by atoms with Gasteiger partial charge in [-0.2, -0.15) is 0 Å². The van der Waals surface area contributed by atoms with E-state index in [1.807, 2.05) is 0 Å². The highest BCUT2D eigenvalue weighted by atomic mass is 79.9. The Bertz CT molecular complexity index is 716. The van der Waals surface area contributed by atoms with E-state index in [4.69, 9.17) is 14.2 Å². The first-order valence-electron chi connectivity index (χ1n) is 6.66. The van der Waals surface area contributed by atoms with Crippen LogP contribution in [0.4, 0.5) is 0 Å². The Morgan fingerprint density at radius 1 is 0.750 bits per heavy atom. The van der Waals surface area contributed by atoms with Gasteiger partial charge in [0, 0.05) is 20.1 Å². The summed E-state index contributed by atoms with van der Waals surface area (Å²) in [6.07, 6.45) is 1.54. The van der Waals surface area contributed by atoms with E-state index >= 15 is 0 Å². The van der Waals surface area contributed by atoms with Gasteiger partial charge in [0.15, 0.2) is 24.1 Å². The summed E-state index contributed by atoms with van der Waals surface area (Å²) in [5.74, 6) is 1.84. The third-order valence-electron chi connectivity index (χ3n) is 2.96. The summed E-state index contributed by atoms with van der Waals surface area (Å²) < 4.78 is 16.5. The van der Waals surface area contributed by atoms with Crippen molar-refractivity contribution in [3.63, 3.8) is 0 Å². The van der Waals surface area contributed by atoms with Crippen LogP contribution in [0.1, 0.15) is 20.7 Å².